The van der Waals surface area contributed by atoms with Crippen LogP contribution in [0.1, 0.15) is 37.7 Å². The standard InChI is InChI=1S/C31H32N6O3/c1-21-9-10-23(20-32-21)37-29(19-28(35-37)31(2,3)4)34-30(38)33-26-11-12-27(25-8-6-5-7-24(25)26)40-18-15-22-13-16-36(39)17-14-22/h5-14,16-17,19-20H,15,18H2,1-4H3,(H2,33,34,38). The zero-order chi connectivity index (χ0) is 28.3. The van der Waals surface area contributed by atoms with Crippen molar-refractivity contribution in [2.24, 2.45) is 0 Å². The lowest BCUT2D eigenvalue weighted by atomic mass is 9.92. The first-order valence-corrected chi connectivity index (χ1v) is 13.1. The molecule has 0 aliphatic carbocycles. The Morgan fingerprint density at radius 2 is 1.75 bits per heavy atom. The van der Waals surface area contributed by atoms with Crippen molar-refractivity contribution in [2.45, 2.75) is 39.5 Å². The number of rotatable bonds is 7. The zero-order valence-corrected chi connectivity index (χ0v) is 23.0. The van der Waals surface area contributed by atoms with Crippen LogP contribution in [0.5, 0.6) is 5.75 Å². The summed E-state index contributed by atoms with van der Waals surface area (Å²) in [5.74, 6) is 1.26. The van der Waals surface area contributed by atoms with Crippen molar-refractivity contribution >= 4 is 28.3 Å². The molecule has 3 heterocycles. The lowest BCUT2D eigenvalue weighted by Gasteiger charge is -2.14. The third-order valence-corrected chi connectivity index (χ3v) is 6.51. The number of benzene rings is 2. The van der Waals surface area contributed by atoms with E-state index in [0.717, 1.165) is 43.9 Å². The molecule has 2 aromatic carbocycles. The van der Waals surface area contributed by atoms with Gasteiger partial charge >= 0.3 is 6.03 Å². The van der Waals surface area contributed by atoms with Gasteiger partial charge in [0.2, 0.25) is 0 Å². The van der Waals surface area contributed by atoms with E-state index in [2.05, 4.69) is 36.4 Å². The molecule has 5 aromatic rings. The smallest absolute Gasteiger partial charge is 0.324 e. The van der Waals surface area contributed by atoms with Crippen LogP contribution in [-0.4, -0.2) is 27.4 Å². The predicted molar refractivity (Wildman–Crippen MR) is 156 cm³/mol. The number of hydrogen-bond acceptors (Lipinski definition) is 5. The molecule has 0 aliphatic rings. The van der Waals surface area contributed by atoms with Gasteiger partial charge in [-0.25, -0.2) is 9.48 Å². The molecule has 0 spiro atoms. The Morgan fingerprint density at radius 3 is 2.45 bits per heavy atom. The number of urea groups is 1. The molecule has 40 heavy (non-hydrogen) atoms. The molecule has 0 bridgehead atoms. The van der Waals surface area contributed by atoms with Gasteiger partial charge in [0.15, 0.2) is 12.4 Å². The van der Waals surface area contributed by atoms with Crippen LogP contribution in [0.3, 0.4) is 0 Å². The quantitative estimate of drug-likeness (QED) is 0.198. The largest absolute Gasteiger partial charge is 0.619 e. The summed E-state index contributed by atoms with van der Waals surface area (Å²) in [4.78, 5) is 17.6. The number of pyridine rings is 2. The zero-order valence-electron chi connectivity index (χ0n) is 23.0. The molecular weight excluding hydrogens is 504 g/mol. The molecule has 0 atom stereocenters. The average Bonchev–Trinajstić information content (AvgIpc) is 3.35. The number of carbonyl (C=O) groups is 1. The second kappa shape index (κ2) is 11.1. The Morgan fingerprint density at radius 1 is 1.00 bits per heavy atom. The summed E-state index contributed by atoms with van der Waals surface area (Å²) in [5, 5.41) is 23.7. The third kappa shape index (κ3) is 6.04. The normalized spacial score (nSPS) is 11.4. The van der Waals surface area contributed by atoms with Gasteiger partial charge in [-0.2, -0.15) is 9.83 Å². The van der Waals surface area contributed by atoms with Crippen molar-refractivity contribution in [3.63, 3.8) is 0 Å². The number of anilines is 2. The van der Waals surface area contributed by atoms with Gasteiger partial charge in [-0.15, -0.1) is 0 Å². The van der Waals surface area contributed by atoms with Crippen LogP contribution < -0.4 is 20.1 Å². The molecule has 5 rings (SSSR count). The van der Waals surface area contributed by atoms with Crippen LogP contribution in [0.25, 0.3) is 16.5 Å². The maximum atomic E-state index is 13.2. The van der Waals surface area contributed by atoms with E-state index < -0.39 is 0 Å². The number of carbonyl (C=O) groups excluding carboxylic acids is 1. The highest BCUT2D eigenvalue weighted by molar-refractivity contribution is 6.07. The van der Waals surface area contributed by atoms with Gasteiger partial charge in [0.25, 0.3) is 0 Å². The van der Waals surface area contributed by atoms with Gasteiger partial charge < -0.3 is 15.3 Å². The Hall–Kier alpha value is -4.92. The van der Waals surface area contributed by atoms with Crippen LogP contribution in [-0.2, 0) is 11.8 Å². The van der Waals surface area contributed by atoms with Crippen molar-refractivity contribution in [1.29, 1.82) is 0 Å². The van der Waals surface area contributed by atoms with Crippen LogP contribution >= 0.6 is 0 Å². The van der Waals surface area contributed by atoms with E-state index in [-0.39, 0.29) is 11.4 Å². The van der Waals surface area contributed by atoms with E-state index in [4.69, 9.17) is 9.84 Å². The van der Waals surface area contributed by atoms with Gasteiger partial charge in [-0.1, -0.05) is 45.0 Å². The highest BCUT2D eigenvalue weighted by atomic mass is 16.5. The minimum absolute atomic E-state index is 0.208. The Balaban J connectivity index is 1.34. The molecule has 0 unspecified atom stereocenters. The van der Waals surface area contributed by atoms with E-state index in [1.807, 2.05) is 61.5 Å². The van der Waals surface area contributed by atoms with Gasteiger partial charge in [-0.3, -0.25) is 10.3 Å². The first-order valence-electron chi connectivity index (χ1n) is 13.1. The van der Waals surface area contributed by atoms with E-state index in [1.54, 1.807) is 23.0 Å². The van der Waals surface area contributed by atoms with Gasteiger partial charge in [0, 0.05) is 46.5 Å². The number of nitrogens with one attached hydrogen (secondary N) is 2. The summed E-state index contributed by atoms with van der Waals surface area (Å²) >= 11 is 0. The topological polar surface area (TPSA) is 108 Å². The maximum absolute atomic E-state index is 13.2. The van der Waals surface area contributed by atoms with Crippen LogP contribution in [0.2, 0.25) is 0 Å². The van der Waals surface area contributed by atoms with E-state index in [9.17, 15) is 10.0 Å². The van der Waals surface area contributed by atoms with Crippen LogP contribution in [0.4, 0.5) is 16.3 Å². The lowest BCUT2D eigenvalue weighted by Crippen LogP contribution is -2.23. The van der Waals surface area contributed by atoms with Crippen LogP contribution in [0, 0.1) is 12.1 Å². The van der Waals surface area contributed by atoms with Gasteiger partial charge in [0.1, 0.15) is 11.6 Å². The highest BCUT2D eigenvalue weighted by Crippen LogP contribution is 2.32. The van der Waals surface area contributed by atoms with Crippen LogP contribution in [0.15, 0.2) is 85.3 Å². The van der Waals surface area contributed by atoms with Crippen molar-refractivity contribution < 1.29 is 14.3 Å². The SMILES string of the molecule is Cc1ccc(-n2nc(C(C)(C)C)cc2NC(=O)Nc2ccc(OCCc3cc[n+]([O-])cc3)c3ccccc23)cn1. The molecule has 2 N–H and O–H groups in total. The molecular formula is C31H32N6O3. The monoisotopic (exact) mass is 536 g/mol. The minimum atomic E-state index is -0.389. The number of hydrogen-bond donors (Lipinski definition) is 2. The molecule has 0 aliphatic heterocycles. The van der Waals surface area contributed by atoms with Crippen molar-refractivity contribution in [2.75, 3.05) is 17.2 Å². The average molecular weight is 537 g/mol. The number of aryl methyl sites for hydroxylation is 1. The predicted octanol–water partition coefficient (Wildman–Crippen LogP) is 5.93. The number of nitrogens with zero attached hydrogens (tertiary/aromatic N) is 4. The van der Waals surface area contributed by atoms with E-state index >= 15 is 0 Å². The van der Waals surface area contributed by atoms with Crippen molar-refractivity contribution in [3.8, 4) is 11.4 Å². The van der Waals surface area contributed by atoms with E-state index in [0.29, 0.717) is 24.5 Å². The summed E-state index contributed by atoms with van der Waals surface area (Å²) in [6.45, 7) is 8.61. The molecule has 0 saturated carbocycles. The fourth-order valence-corrected chi connectivity index (χ4v) is 4.28. The Labute approximate surface area is 233 Å². The molecule has 9 heteroatoms. The third-order valence-electron chi connectivity index (χ3n) is 6.51. The minimum Gasteiger partial charge on any atom is -0.619 e. The lowest BCUT2D eigenvalue weighted by molar-refractivity contribution is -0.605. The second-order valence-electron chi connectivity index (χ2n) is 10.6. The summed E-state index contributed by atoms with van der Waals surface area (Å²) in [7, 11) is 0. The van der Waals surface area contributed by atoms with E-state index in [1.165, 1.54) is 12.4 Å². The molecule has 2 amide bonds. The molecule has 204 valence electrons. The molecule has 0 fully saturated rings. The van der Waals surface area contributed by atoms with Gasteiger partial charge in [0.05, 0.1) is 29.9 Å². The maximum Gasteiger partial charge on any atom is 0.324 e. The summed E-state index contributed by atoms with van der Waals surface area (Å²) in [6.07, 6.45) is 5.36. The van der Waals surface area contributed by atoms with Crippen molar-refractivity contribution in [3.05, 3.63) is 107 Å². The molecule has 9 nitrogen and oxygen atoms in total. The first kappa shape index (κ1) is 26.7. The number of fused-ring (bicyclic) bond motifs is 1. The number of amides is 2. The number of ether oxygens (including phenoxy) is 1. The number of aromatic nitrogens is 4. The fourth-order valence-electron chi connectivity index (χ4n) is 4.28. The molecule has 3 aromatic heterocycles. The van der Waals surface area contributed by atoms with Crippen molar-refractivity contribution in [1.82, 2.24) is 14.8 Å². The summed E-state index contributed by atoms with van der Waals surface area (Å²) in [6, 6.07) is 20.4. The summed E-state index contributed by atoms with van der Waals surface area (Å²) in [5.41, 5.74) is 3.96. The molecule has 0 saturated heterocycles. The van der Waals surface area contributed by atoms with Gasteiger partial charge in [-0.05, 0) is 36.8 Å². The second-order valence-corrected chi connectivity index (χ2v) is 10.6. The first-order chi connectivity index (χ1) is 19.2. The summed E-state index contributed by atoms with van der Waals surface area (Å²) < 4.78 is 8.55. The fraction of sp³-hybridized carbons (Fsp3) is 0.226. The Bertz CT molecular complexity index is 1640. The Kier molecular flexibility index (Phi) is 7.37. The molecule has 0 radical (unpaired) electrons. The highest BCUT2D eigenvalue weighted by Gasteiger charge is 2.22.